The van der Waals surface area contributed by atoms with E-state index in [1.807, 2.05) is 13.8 Å². The van der Waals surface area contributed by atoms with E-state index in [2.05, 4.69) is 15.3 Å². The number of anilines is 2. The van der Waals surface area contributed by atoms with Gasteiger partial charge in [-0.05, 0) is 26.7 Å². The molecule has 6 nitrogen and oxygen atoms in total. The van der Waals surface area contributed by atoms with Crippen LogP contribution in [0.5, 0.6) is 5.88 Å². The number of nitrogens with zero attached hydrogens (tertiary/aromatic N) is 2. The second-order valence-electron chi connectivity index (χ2n) is 5.23. The number of nitrogens with one attached hydrogen (secondary N) is 1. The van der Waals surface area contributed by atoms with E-state index in [9.17, 15) is 5.11 Å². The van der Waals surface area contributed by atoms with E-state index in [4.69, 9.17) is 10.5 Å². The van der Waals surface area contributed by atoms with Gasteiger partial charge in [-0.3, -0.25) is 0 Å². The summed E-state index contributed by atoms with van der Waals surface area (Å²) in [6.07, 6.45) is 4.63. The highest BCUT2D eigenvalue weighted by Crippen LogP contribution is 2.31. The summed E-state index contributed by atoms with van der Waals surface area (Å²) < 4.78 is 5.54. The highest BCUT2D eigenvalue weighted by molar-refractivity contribution is 5.66. The van der Waals surface area contributed by atoms with Gasteiger partial charge in [0, 0.05) is 18.6 Å². The molecule has 2 rings (SSSR count). The molecule has 1 aliphatic rings. The minimum atomic E-state index is 0.0155. The lowest BCUT2D eigenvalue weighted by atomic mass is 10.1. The number of ether oxygens (including phenoxy) is 1. The fourth-order valence-electron chi connectivity index (χ4n) is 2.43. The Bertz CT molecular complexity index is 425. The van der Waals surface area contributed by atoms with Crippen LogP contribution in [-0.2, 0) is 0 Å². The molecule has 4 N–H and O–H groups in total. The molecule has 1 aromatic heterocycles. The monoisotopic (exact) mass is 266 g/mol. The lowest BCUT2D eigenvalue weighted by Gasteiger charge is -2.21. The fourth-order valence-corrected chi connectivity index (χ4v) is 2.43. The van der Waals surface area contributed by atoms with Crippen molar-refractivity contribution in [2.45, 2.75) is 45.3 Å². The van der Waals surface area contributed by atoms with Crippen molar-refractivity contribution in [2.75, 3.05) is 17.7 Å². The summed E-state index contributed by atoms with van der Waals surface area (Å²) >= 11 is 0. The Morgan fingerprint density at radius 1 is 1.47 bits per heavy atom. The second-order valence-corrected chi connectivity index (χ2v) is 5.23. The van der Waals surface area contributed by atoms with Crippen LogP contribution in [0, 0.1) is 5.92 Å². The van der Waals surface area contributed by atoms with Crippen LogP contribution in [0.4, 0.5) is 11.5 Å². The minimum Gasteiger partial charge on any atom is -0.473 e. The molecule has 1 aliphatic carbocycles. The zero-order chi connectivity index (χ0) is 13.8. The van der Waals surface area contributed by atoms with E-state index >= 15 is 0 Å². The van der Waals surface area contributed by atoms with Crippen molar-refractivity contribution < 1.29 is 9.84 Å². The molecule has 106 valence electrons. The first kappa shape index (κ1) is 13.9. The minimum absolute atomic E-state index is 0.0155. The summed E-state index contributed by atoms with van der Waals surface area (Å²) in [6, 6.07) is 0.217. The normalized spacial score (nSPS) is 22.7. The van der Waals surface area contributed by atoms with Crippen molar-refractivity contribution in [3.8, 4) is 5.88 Å². The molecule has 0 bridgehead atoms. The van der Waals surface area contributed by atoms with Crippen LogP contribution in [0.15, 0.2) is 6.33 Å². The molecule has 19 heavy (non-hydrogen) atoms. The molecular formula is C13H22N4O2. The van der Waals surface area contributed by atoms with Gasteiger partial charge in [0.1, 0.15) is 12.0 Å². The van der Waals surface area contributed by atoms with Gasteiger partial charge >= 0.3 is 0 Å². The van der Waals surface area contributed by atoms with Gasteiger partial charge < -0.3 is 20.9 Å². The maximum Gasteiger partial charge on any atom is 0.242 e. The molecule has 0 saturated heterocycles. The third kappa shape index (κ3) is 3.26. The van der Waals surface area contributed by atoms with Gasteiger partial charge in [-0.25, -0.2) is 4.98 Å². The number of hydrogen-bond donors (Lipinski definition) is 3. The zero-order valence-corrected chi connectivity index (χ0v) is 11.5. The molecule has 1 fully saturated rings. The third-order valence-electron chi connectivity index (χ3n) is 3.41. The molecule has 2 atom stereocenters. The van der Waals surface area contributed by atoms with Crippen molar-refractivity contribution in [3.05, 3.63) is 6.33 Å². The van der Waals surface area contributed by atoms with Gasteiger partial charge in [0.05, 0.1) is 6.10 Å². The average molecular weight is 266 g/mol. The molecule has 1 aromatic rings. The van der Waals surface area contributed by atoms with E-state index < -0.39 is 0 Å². The number of nitrogens with two attached hydrogens (primary N) is 1. The Morgan fingerprint density at radius 2 is 2.26 bits per heavy atom. The van der Waals surface area contributed by atoms with Gasteiger partial charge in [0.15, 0.2) is 5.82 Å². The first-order valence-corrected chi connectivity index (χ1v) is 6.76. The molecule has 6 heteroatoms. The Kier molecular flexibility index (Phi) is 4.42. The SMILES string of the molecule is CC(C)Oc1ncnc(NC2CCCC2CO)c1N. The number of rotatable bonds is 5. The lowest BCUT2D eigenvalue weighted by Crippen LogP contribution is -2.27. The van der Waals surface area contributed by atoms with Crippen molar-refractivity contribution in [2.24, 2.45) is 5.92 Å². The molecule has 0 spiro atoms. The quantitative estimate of drug-likeness (QED) is 0.746. The molecule has 0 radical (unpaired) electrons. The number of aliphatic hydroxyl groups is 1. The van der Waals surface area contributed by atoms with Gasteiger partial charge in [0.2, 0.25) is 5.88 Å². The van der Waals surface area contributed by atoms with E-state index in [-0.39, 0.29) is 24.7 Å². The topological polar surface area (TPSA) is 93.3 Å². The van der Waals surface area contributed by atoms with E-state index in [0.29, 0.717) is 17.4 Å². The number of hydrogen-bond acceptors (Lipinski definition) is 6. The van der Waals surface area contributed by atoms with Crippen molar-refractivity contribution in [3.63, 3.8) is 0 Å². The Labute approximate surface area is 113 Å². The summed E-state index contributed by atoms with van der Waals surface area (Å²) in [7, 11) is 0. The Hall–Kier alpha value is -1.56. The van der Waals surface area contributed by atoms with Crippen LogP contribution in [0.2, 0.25) is 0 Å². The number of nitrogen functional groups attached to an aromatic ring is 1. The highest BCUT2D eigenvalue weighted by atomic mass is 16.5. The van der Waals surface area contributed by atoms with E-state index in [0.717, 1.165) is 19.3 Å². The molecule has 0 amide bonds. The van der Waals surface area contributed by atoms with Gasteiger partial charge in [-0.2, -0.15) is 4.98 Å². The van der Waals surface area contributed by atoms with Crippen LogP contribution in [0.25, 0.3) is 0 Å². The van der Waals surface area contributed by atoms with Gasteiger partial charge in [0.25, 0.3) is 0 Å². The molecule has 1 saturated carbocycles. The summed E-state index contributed by atoms with van der Waals surface area (Å²) in [6.45, 7) is 4.04. The van der Waals surface area contributed by atoms with Crippen molar-refractivity contribution >= 4 is 11.5 Å². The maximum absolute atomic E-state index is 9.33. The molecule has 0 aromatic carbocycles. The largest absolute Gasteiger partial charge is 0.473 e. The third-order valence-corrected chi connectivity index (χ3v) is 3.41. The van der Waals surface area contributed by atoms with Crippen molar-refractivity contribution in [1.29, 1.82) is 0 Å². The van der Waals surface area contributed by atoms with Crippen LogP contribution in [0.1, 0.15) is 33.1 Å². The summed E-state index contributed by atoms with van der Waals surface area (Å²) in [4.78, 5) is 8.21. The highest BCUT2D eigenvalue weighted by Gasteiger charge is 2.27. The second kappa shape index (κ2) is 6.06. The predicted molar refractivity (Wildman–Crippen MR) is 74.0 cm³/mol. The molecule has 0 aliphatic heterocycles. The first-order valence-electron chi connectivity index (χ1n) is 6.76. The fraction of sp³-hybridized carbons (Fsp3) is 0.692. The van der Waals surface area contributed by atoms with Crippen molar-refractivity contribution in [1.82, 2.24) is 9.97 Å². The summed E-state index contributed by atoms with van der Waals surface area (Å²) in [5.74, 6) is 1.27. The molecule has 1 heterocycles. The van der Waals surface area contributed by atoms with Crippen LogP contribution in [0.3, 0.4) is 0 Å². The standard InChI is InChI=1S/C13H22N4O2/c1-8(2)19-13-11(14)12(15-7-16-13)17-10-5-3-4-9(10)6-18/h7-10,18H,3-6,14H2,1-2H3,(H,15,16,17). The molecular weight excluding hydrogens is 244 g/mol. The predicted octanol–water partition coefficient (Wildman–Crippen LogP) is 1.42. The Morgan fingerprint density at radius 3 is 2.95 bits per heavy atom. The van der Waals surface area contributed by atoms with Crippen LogP contribution in [-0.4, -0.2) is 33.8 Å². The van der Waals surface area contributed by atoms with Gasteiger partial charge in [-0.15, -0.1) is 0 Å². The average Bonchev–Trinajstić information content (AvgIpc) is 2.81. The summed E-state index contributed by atoms with van der Waals surface area (Å²) in [5.41, 5.74) is 6.45. The van der Waals surface area contributed by atoms with E-state index in [1.165, 1.54) is 6.33 Å². The Balaban J connectivity index is 2.12. The number of aromatic nitrogens is 2. The van der Waals surface area contributed by atoms with E-state index in [1.54, 1.807) is 0 Å². The summed E-state index contributed by atoms with van der Waals surface area (Å²) in [5, 5.41) is 12.6. The number of aliphatic hydroxyl groups excluding tert-OH is 1. The van der Waals surface area contributed by atoms with Crippen LogP contribution >= 0.6 is 0 Å². The van der Waals surface area contributed by atoms with Gasteiger partial charge in [-0.1, -0.05) is 6.42 Å². The smallest absolute Gasteiger partial charge is 0.242 e. The lowest BCUT2D eigenvalue weighted by molar-refractivity contribution is 0.222. The zero-order valence-electron chi connectivity index (χ0n) is 11.5. The first-order chi connectivity index (χ1) is 9.11. The maximum atomic E-state index is 9.33. The molecule has 2 unspecified atom stereocenters. The van der Waals surface area contributed by atoms with Crippen LogP contribution < -0.4 is 15.8 Å².